The summed E-state index contributed by atoms with van der Waals surface area (Å²) in [5, 5.41) is 13.6. The highest BCUT2D eigenvalue weighted by Gasteiger charge is 2.41. The average Bonchev–Trinajstić information content (AvgIpc) is 2.53. The van der Waals surface area contributed by atoms with Gasteiger partial charge in [-0.15, -0.1) is 6.58 Å². The lowest BCUT2D eigenvalue weighted by atomic mass is 9.91. The van der Waals surface area contributed by atoms with Crippen LogP contribution in [0.4, 0.5) is 0 Å². The number of amides is 1. The summed E-state index contributed by atoms with van der Waals surface area (Å²) in [7, 11) is 0. The summed E-state index contributed by atoms with van der Waals surface area (Å²) in [4.78, 5) is 14.3. The van der Waals surface area contributed by atoms with Crippen molar-refractivity contribution >= 4 is 5.91 Å². The molecule has 1 amide bonds. The summed E-state index contributed by atoms with van der Waals surface area (Å²) < 4.78 is 0. The first-order valence-corrected chi connectivity index (χ1v) is 8.03. The van der Waals surface area contributed by atoms with Crippen LogP contribution in [0.2, 0.25) is 0 Å². The van der Waals surface area contributed by atoms with Gasteiger partial charge in [0.15, 0.2) is 5.60 Å². The van der Waals surface area contributed by atoms with Crippen molar-refractivity contribution in [1.29, 1.82) is 0 Å². The maximum Gasteiger partial charge on any atom is 0.255 e. The zero-order valence-corrected chi connectivity index (χ0v) is 13.1. The largest absolute Gasteiger partial charge is 0.379 e. The quantitative estimate of drug-likeness (QED) is 0.568. The fraction of sp³-hybridized carbons (Fsp3) is 0.500. The van der Waals surface area contributed by atoms with Crippen molar-refractivity contribution in [2.75, 3.05) is 26.2 Å². The Balaban J connectivity index is 1.83. The van der Waals surface area contributed by atoms with Crippen LogP contribution in [-0.2, 0) is 11.2 Å². The number of benzene rings is 1. The lowest BCUT2D eigenvalue weighted by Gasteiger charge is -2.38. The number of likely N-dealkylation sites (tertiary alicyclic amines) is 1. The number of aryl methyl sites for hydroxylation is 1. The highest BCUT2D eigenvalue weighted by molar-refractivity contribution is 5.86. The Labute approximate surface area is 132 Å². The topological polar surface area (TPSA) is 52.6 Å². The van der Waals surface area contributed by atoms with E-state index in [4.69, 9.17) is 0 Å². The van der Waals surface area contributed by atoms with E-state index in [9.17, 15) is 9.90 Å². The summed E-state index contributed by atoms with van der Waals surface area (Å²) in [5.41, 5.74) is 0.0310. The minimum absolute atomic E-state index is 0.136. The fourth-order valence-electron chi connectivity index (χ4n) is 2.94. The van der Waals surface area contributed by atoms with Crippen LogP contribution in [0.1, 0.15) is 24.8 Å². The molecule has 0 radical (unpaired) electrons. The first-order valence-electron chi connectivity index (χ1n) is 8.03. The van der Waals surface area contributed by atoms with Gasteiger partial charge in [-0.2, -0.15) is 0 Å². The first-order chi connectivity index (χ1) is 10.7. The van der Waals surface area contributed by atoms with Gasteiger partial charge in [0.1, 0.15) is 0 Å². The number of nitrogens with zero attached hydrogens (tertiary/aromatic N) is 1. The molecule has 1 aliphatic rings. The number of nitrogens with one attached hydrogen (secondary N) is 1. The normalized spacial score (nSPS) is 21.9. The summed E-state index contributed by atoms with van der Waals surface area (Å²) >= 11 is 0. The van der Waals surface area contributed by atoms with Gasteiger partial charge in [-0.25, -0.2) is 0 Å². The minimum Gasteiger partial charge on any atom is -0.379 e. The predicted molar refractivity (Wildman–Crippen MR) is 88.6 cm³/mol. The molecule has 0 spiro atoms. The van der Waals surface area contributed by atoms with Crippen LogP contribution in [0.25, 0.3) is 0 Å². The zero-order chi connectivity index (χ0) is 15.8. The molecule has 0 bridgehead atoms. The Morgan fingerprint density at radius 3 is 2.86 bits per heavy atom. The standard InChI is InChI=1S/C18H26N2O2/c1-2-12-19-15-18(22)11-7-14-20(17(18)21)13-6-10-16-8-4-3-5-9-16/h2-5,8-9,19,22H,1,6-7,10-15H2/t18-/m0/s1. The molecule has 2 rings (SSSR count). The minimum atomic E-state index is -1.26. The van der Waals surface area contributed by atoms with E-state index in [0.717, 1.165) is 25.8 Å². The third kappa shape index (κ3) is 4.42. The van der Waals surface area contributed by atoms with E-state index in [0.29, 0.717) is 26.1 Å². The first kappa shape index (κ1) is 16.7. The second-order valence-electron chi connectivity index (χ2n) is 5.94. The summed E-state index contributed by atoms with van der Waals surface area (Å²) in [6, 6.07) is 10.3. The van der Waals surface area contributed by atoms with E-state index in [-0.39, 0.29) is 5.91 Å². The van der Waals surface area contributed by atoms with E-state index in [1.165, 1.54) is 5.56 Å². The monoisotopic (exact) mass is 302 g/mol. The van der Waals surface area contributed by atoms with E-state index >= 15 is 0 Å². The zero-order valence-electron chi connectivity index (χ0n) is 13.1. The molecule has 1 heterocycles. The molecule has 0 saturated carbocycles. The third-order valence-corrected chi connectivity index (χ3v) is 4.15. The number of carbonyl (C=O) groups is 1. The van der Waals surface area contributed by atoms with E-state index < -0.39 is 5.60 Å². The molecule has 4 nitrogen and oxygen atoms in total. The number of piperidine rings is 1. The Hall–Kier alpha value is -1.65. The summed E-state index contributed by atoms with van der Waals surface area (Å²) in [5.74, 6) is -0.136. The van der Waals surface area contributed by atoms with Gasteiger partial charge in [0.2, 0.25) is 0 Å². The van der Waals surface area contributed by atoms with Crippen molar-refractivity contribution in [2.24, 2.45) is 0 Å². The lowest BCUT2D eigenvalue weighted by molar-refractivity contribution is -0.156. The molecular weight excluding hydrogens is 276 g/mol. The molecule has 1 saturated heterocycles. The van der Waals surface area contributed by atoms with Gasteiger partial charge in [-0.05, 0) is 31.2 Å². The van der Waals surface area contributed by atoms with E-state index in [1.807, 2.05) is 23.1 Å². The van der Waals surface area contributed by atoms with Crippen LogP contribution < -0.4 is 5.32 Å². The molecule has 0 aliphatic carbocycles. The number of hydrogen-bond donors (Lipinski definition) is 2. The van der Waals surface area contributed by atoms with Crippen molar-refractivity contribution in [1.82, 2.24) is 10.2 Å². The smallest absolute Gasteiger partial charge is 0.255 e. The van der Waals surface area contributed by atoms with Gasteiger partial charge < -0.3 is 15.3 Å². The van der Waals surface area contributed by atoms with E-state index in [2.05, 4.69) is 24.0 Å². The van der Waals surface area contributed by atoms with Crippen molar-refractivity contribution < 1.29 is 9.90 Å². The molecule has 1 fully saturated rings. The van der Waals surface area contributed by atoms with Crippen molar-refractivity contribution in [2.45, 2.75) is 31.3 Å². The second-order valence-corrected chi connectivity index (χ2v) is 5.94. The predicted octanol–water partition coefficient (Wildman–Crippen LogP) is 1.75. The number of hydrogen-bond acceptors (Lipinski definition) is 3. The second kappa shape index (κ2) is 8.11. The molecule has 1 aliphatic heterocycles. The fourth-order valence-corrected chi connectivity index (χ4v) is 2.94. The Kier molecular flexibility index (Phi) is 6.16. The molecule has 1 aromatic carbocycles. The maximum absolute atomic E-state index is 12.5. The van der Waals surface area contributed by atoms with Crippen LogP contribution >= 0.6 is 0 Å². The van der Waals surface area contributed by atoms with Crippen LogP contribution in [0, 0.1) is 0 Å². The Bertz CT molecular complexity index is 489. The molecule has 2 N–H and O–H groups in total. The van der Waals surface area contributed by atoms with Gasteiger partial charge in [0, 0.05) is 26.2 Å². The highest BCUT2D eigenvalue weighted by atomic mass is 16.3. The molecular formula is C18H26N2O2. The maximum atomic E-state index is 12.5. The molecule has 0 unspecified atom stereocenters. The summed E-state index contributed by atoms with van der Waals surface area (Å²) in [6.07, 6.45) is 4.99. The van der Waals surface area contributed by atoms with Crippen LogP contribution in [-0.4, -0.2) is 47.7 Å². The molecule has 0 aromatic heterocycles. The molecule has 120 valence electrons. The van der Waals surface area contributed by atoms with Crippen LogP contribution in [0.3, 0.4) is 0 Å². The van der Waals surface area contributed by atoms with Crippen molar-refractivity contribution in [3.05, 3.63) is 48.6 Å². The van der Waals surface area contributed by atoms with Gasteiger partial charge in [-0.3, -0.25) is 4.79 Å². The number of aliphatic hydroxyl groups is 1. The van der Waals surface area contributed by atoms with Gasteiger partial charge in [-0.1, -0.05) is 36.4 Å². The SMILES string of the molecule is C=CCNC[C@@]1(O)CCCN(CCCc2ccccc2)C1=O. The lowest BCUT2D eigenvalue weighted by Crippen LogP contribution is -2.58. The van der Waals surface area contributed by atoms with Crippen molar-refractivity contribution in [3.63, 3.8) is 0 Å². The highest BCUT2D eigenvalue weighted by Crippen LogP contribution is 2.22. The molecule has 4 heteroatoms. The molecule has 1 atom stereocenters. The van der Waals surface area contributed by atoms with Gasteiger partial charge in [0.25, 0.3) is 5.91 Å². The van der Waals surface area contributed by atoms with Gasteiger partial charge >= 0.3 is 0 Å². The summed E-state index contributed by atoms with van der Waals surface area (Å²) in [6.45, 7) is 5.98. The Morgan fingerprint density at radius 2 is 2.14 bits per heavy atom. The van der Waals surface area contributed by atoms with Crippen LogP contribution in [0.5, 0.6) is 0 Å². The molecule has 22 heavy (non-hydrogen) atoms. The number of carbonyl (C=O) groups excluding carboxylic acids is 1. The molecule has 1 aromatic rings. The third-order valence-electron chi connectivity index (χ3n) is 4.15. The van der Waals surface area contributed by atoms with Crippen molar-refractivity contribution in [3.8, 4) is 0 Å². The van der Waals surface area contributed by atoms with Gasteiger partial charge in [0.05, 0.1) is 0 Å². The Morgan fingerprint density at radius 1 is 1.36 bits per heavy atom. The van der Waals surface area contributed by atoms with E-state index in [1.54, 1.807) is 6.08 Å². The van der Waals surface area contributed by atoms with Crippen LogP contribution in [0.15, 0.2) is 43.0 Å². The number of rotatable bonds is 8. The average molecular weight is 302 g/mol.